The van der Waals surface area contributed by atoms with E-state index in [1.54, 1.807) is 0 Å². The maximum atomic E-state index is 13.4. The van der Waals surface area contributed by atoms with Gasteiger partial charge in [0.25, 0.3) is 0 Å². The Balaban J connectivity index is 1.80. The molecule has 1 atom stereocenters. The number of anilines is 1. The van der Waals surface area contributed by atoms with Gasteiger partial charge < -0.3 is 16.0 Å². The van der Waals surface area contributed by atoms with Gasteiger partial charge in [0.2, 0.25) is 9.70 Å². The molecule has 0 spiro atoms. The van der Waals surface area contributed by atoms with Crippen molar-refractivity contribution in [1.29, 1.82) is 0 Å². The van der Waals surface area contributed by atoms with E-state index in [-0.39, 0.29) is 11.0 Å². The molecule has 0 unspecified atom stereocenters. The lowest BCUT2D eigenvalue weighted by molar-refractivity contribution is -0.122. The molecule has 0 saturated carbocycles. The highest BCUT2D eigenvalue weighted by molar-refractivity contribution is 7.80. The van der Waals surface area contributed by atoms with Crippen LogP contribution in [0.15, 0.2) is 91.0 Å². The van der Waals surface area contributed by atoms with Crippen LogP contribution in [0.4, 0.5) is 5.69 Å². The van der Waals surface area contributed by atoms with Crippen LogP contribution in [-0.4, -0.2) is 21.0 Å². The van der Waals surface area contributed by atoms with Gasteiger partial charge in [-0.3, -0.25) is 4.79 Å². The molecule has 1 amide bonds. The van der Waals surface area contributed by atoms with E-state index in [0.717, 1.165) is 16.8 Å². The molecule has 160 valence electrons. The summed E-state index contributed by atoms with van der Waals surface area (Å²) in [4.78, 5) is 13.4. The Morgan fingerprint density at radius 3 is 1.65 bits per heavy atom. The minimum atomic E-state index is -1.85. The first kappa shape index (κ1) is 23.4. The van der Waals surface area contributed by atoms with Crippen molar-refractivity contribution in [2.45, 2.75) is 15.9 Å². The first-order chi connectivity index (χ1) is 14.8. The second-order valence-corrected chi connectivity index (χ2v) is 9.48. The van der Waals surface area contributed by atoms with Crippen LogP contribution in [0.25, 0.3) is 0 Å². The summed E-state index contributed by atoms with van der Waals surface area (Å²) in [5.41, 5.74) is 2.40. The molecule has 0 aliphatic heterocycles. The van der Waals surface area contributed by atoms with E-state index in [2.05, 4.69) is 16.0 Å². The molecule has 0 aliphatic carbocycles. The lowest BCUT2D eigenvalue weighted by atomic mass is 9.90. The quantitative estimate of drug-likeness (QED) is 0.238. The number of carbonyl (C=O) groups excluding carboxylic acids is 1. The molecule has 0 bridgehead atoms. The van der Waals surface area contributed by atoms with Gasteiger partial charge in [0.1, 0.15) is 6.17 Å². The Bertz CT molecular complexity index is 959. The van der Waals surface area contributed by atoms with E-state index in [9.17, 15) is 4.79 Å². The van der Waals surface area contributed by atoms with Crippen molar-refractivity contribution in [3.63, 3.8) is 0 Å². The topological polar surface area (TPSA) is 53.2 Å². The van der Waals surface area contributed by atoms with Gasteiger partial charge in [-0.25, -0.2) is 0 Å². The Labute approximate surface area is 201 Å². The molecule has 0 heterocycles. The molecule has 3 aromatic carbocycles. The molecule has 0 aromatic heterocycles. The third-order valence-electron chi connectivity index (χ3n) is 4.45. The Kier molecular flexibility index (Phi) is 8.15. The van der Waals surface area contributed by atoms with Crippen LogP contribution in [0, 0.1) is 0 Å². The monoisotopic (exact) mass is 491 g/mol. The molecule has 0 saturated heterocycles. The third kappa shape index (κ3) is 6.84. The van der Waals surface area contributed by atoms with E-state index in [0.29, 0.717) is 0 Å². The van der Waals surface area contributed by atoms with Crippen LogP contribution >= 0.6 is 47.0 Å². The van der Waals surface area contributed by atoms with E-state index in [1.165, 1.54) is 0 Å². The average Bonchev–Trinajstić information content (AvgIpc) is 2.75. The van der Waals surface area contributed by atoms with E-state index < -0.39 is 15.9 Å². The van der Waals surface area contributed by atoms with Gasteiger partial charge in [-0.05, 0) is 35.5 Å². The molecule has 0 radical (unpaired) electrons. The molecule has 3 rings (SSSR count). The zero-order valence-electron chi connectivity index (χ0n) is 16.3. The van der Waals surface area contributed by atoms with E-state index in [1.807, 2.05) is 91.0 Å². The fourth-order valence-electron chi connectivity index (χ4n) is 3.03. The highest BCUT2D eigenvalue weighted by Crippen LogP contribution is 2.31. The first-order valence-electron chi connectivity index (χ1n) is 9.44. The Morgan fingerprint density at radius 2 is 1.19 bits per heavy atom. The minimum Gasteiger partial charge on any atom is -0.339 e. The lowest BCUT2D eigenvalue weighted by Gasteiger charge is -2.29. The number of hydrogen-bond donors (Lipinski definition) is 3. The standard InChI is InChI=1S/C23H20Cl3N3OS/c24-23(25,26)21(29-22(31)27-18-14-8-3-9-15-18)28-20(30)19(16-10-4-1-5-11-16)17-12-6-2-7-13-17/h1-15,19,21H,(H,28,30)(H2,27,29,31)/t21-/m1/s1. The van der Waals surface area contributed by atoms with Crippen LogP contribution in [0.3, 0.4) is 0 Å². The number of hydrogen-bond acceptors (Lipinski definition) is 2. The van der Waals surface area contributed by atoms with Gasteiger partial charge in [-0.2, -0.15) is 0 Å². The predicted molar refractivity (Wildman–Crippen MR) is 133 cm³/mol. The van der Waals surface area contributed by atoms with Crippen molar-refractivity contribution in [2.24, 2.45) is 0 Å². The number of benzene rings is 3. The Morgan fingerprint density at radius 1 is 0.742 bits per heavy atom. The number of amides is 1. The van der Waals surface area contributed by atoms with Crippen molar-refractivity contribution in [3.05, 3.63) is 102 Å². The highest BCUT2D eigenvalue weighted by Gasteiger charge is 2.36. The van der Waals surface area contributed by atoms with Crippen molar-refractivity contribution < 1.29 is 4.79 Å². The zero-order chi connectivity index (χ0) is 22.3. The molecule has 3 N–H and O–H groups in total. The summed E-state index contributed by atoms with van der Waals surface area (Å²) in [5, 5.41) is 8.89. The van der Waals surface area contributed by atoms with Crippen LogP contribution in [0.1, 0.15) is 17.0 Å². The van der Waals surface area contributed by atoms with Crippen LogP contribution in [0.5, 0.6) is 0 Å². The number of nitrogens with one attached hydrogen (secondary N) is 3. The molecular formula is C23H20Cl3N3OS. The van der Waals surface area contributed by atoms with Gasteiger partial charge in [-0.15, -0.1) is 0 Å². The summed E-state index contributed by atoms with van der Waals surface area (Å²) in [7, 11) is 0. The van der Waals surface area contributed by atoms with Crippen LogP contribution in [0.2, 0.25) is 0 Å². The van der Waals surface area contributed by atoms with Crippen molar-refractivity contribution in [1.82, 2.24) is 10.6 Å². The van der Waals surface area contributed by atoms with E-state index in [4.69, 9.17) is 47.0 Å². The molecule has 0 fully saturated rings. The van der Waals surface area contributed by atoms with Crippen LogP contribution < -0.4 is 16.0 Å². The number of carbonyl (C=O) groups is 1. The van der Waals surface area contributed by atoms with Crippen LogP contribution in [-0.2, 0) is 4.79 Å². The summed E-state index contributed by atoms with van der Waals surface area (Å²) < 4.78 is -1.85. The first-order valence-corrected chi connectivity index (χ1v) is 11.0. The predicted octanol–water partition coefficient (Wildman–Crippen LogP) is 5.62. The molecule has 4 nitrogen and oxygen atoms in total. The number of para-hydroxylation sites is 1. The number of thiocarbonyl (C=S) groups is 1. The number of halogens is 3. The SMILES string of the molecule is O=C(N[C@H](NC(=S)Nc1ccccc1)C(Cl)(Cl)Cl)C(c1ccccc1)c1ccccc1. The van der Waals surface area contributed by atoms with Gasteiger partial charge in [0, 0.05) is 5.69 Å². The molecule has 8 heteroatoms. The van der Waals surface area contributed by atoms with Gasteiger partial charge in [0.15, 0.2) is 5.11 Å². The minimum absolute atomic E-state index is 0.207. The fourth-order valence-corrected chi connectivity index (χ4v) is 3.59. The van der Waals surface area contributed by atoms with Crippen molar-refractivity contribution >= 4 is 63.7 Å². The fraction of sp³-hybridized carbons (Fsp3) is 0.130. The second-order valence-electron chi connectivity index (χ2n) is 6.70. The number of rotatable bonds is 6. The average molecular weight is 493 g/mol. The van der Waals surface area contributed by atoms with Crippen molar-refractivity contribution in [3.8, 4) is 0 Å². The summed E-state index contributed by atoms with van der Waals surface area (Å²) >= 11 is 23.8. The molecule has 0 aliphatic rings. The smallest absolute Gasteiger partial charge is 0.233 e. The van der Waals surface area contributed by atoms with Gasteiger partial charge in [0.05, 0.1) is 5.92 Å². The summed E-state index contributed by atoms with van der Waals surface area (Å²) in [6, 6.07) is 28.1. The normalized spacial score (nSPS) is 12.1. The molecule has 31 heavy (non-hydrogen) atoms. The summed E-state index contributed by atoms with van der Waals surface area (Å²) in [6.45, 7) is 0. The van der Waals surface area contributed by atoms with Crippen molar-refractivity contribution in [2.75, 3.05) is 5.32 Å². The van der Waals surface area contributed by atoms with Gasteiger partial charge >= 0.3 is 0 Å². The van der Waals surface area contributed by atoms with E-state index >= 15 is 0 Å². The number of alkyl halides is 3. The summed E-state index contributed by atoms with van der Waals surface area (Å²) in [6.07, 6.45) is -1.07. The largest absolute Gasteiger partial charge is 0.339 e. The molecule has 3 aromatic rings. The summed E-state index contributed by atoms with van der Waals surface area (Å²) in [5.74, 6) is -0.918. The maximum absolute atomic E-state index is 13.4. The molecular weight excluding hydrogens is 473 g/mol. The zero-order valence-corrected chi connectivity index (χ0v) is 19.3. The maximum Gasteiger partial charge on any atom is 0.233 e. The second kappa shape index (κ2) is 10.8. The highest BCUT2D eigenvalue weighted by atomic mass is 35.6. The lowest BCUT2D eigenvalue weighted by Crippen LogP contribution is -2.57. The van der Waals surface area contributed by atoms with Gasteiger partial charge in [-0.1, -0.05) is 114 Å². The third-order valence-corrected chi connectivity index (χ3v) is 5.32. The Hall–Kier alpha value is -2.31.